The van der Waals surface area contributed by atoms with Crippen LogP contribution >= 0.6 is 0 Å². The lowest BCUT2D eigenvalue weighted by atomic mass is 10.0. The number of hydrogen-bond donors (Lipinski definition) is 1. The molecule has 2 heterocycles. The van der Waals surface area contributed by atoms with E-state index in [0.29, 0.717) is 6.42 Å². The minimum Gasteiger partial charge on any atom is -0.487 e. The average molecular weight is 273 g/mol. The molecule has 2 unspecified atom stereocenters. The Labute approximate surface area is 118 Å². The van der Waals surface area contributed by atoms with Crippen molar-refractivity contribution in [1.29, 1.82) is 0 Å². The molecule has 1 aliphatic rings. The summed E-state index contributed by atoms with van der Waals surface area (Å²) in [6.45, 7) is 2.92. The maximum Gasteiger partial charge on any atom is 0.138 e. The Balaban J connectivity index is 1.66. The van der Waals surface area contributed by atoms with Crippen LogP contribution in [0.25, 0.3) is 0 Å². The summed E-state index contributed by atoms with van der Waals surface area (Å²) < 4.78 is 7.66. The normalized spacial score (nSPS) is 18.6. The summed E-state index contributed by atoms with van der Waals surface area (Å²) in [4.78, 5) is 4.23. The zero-order chi connectivity index (χ0) is 13.9. The molecule has 0 saturated heterocycles. The fourth-order valence-electron chi connectivity index (χ4n) is 2.59. The zero-order valence-electron chi connectivity index (χ0n) is 11.6. The van der Waals surface area contributed by atoms with Crippen molar-refractivity contribution in [2.45, 2.75) is 44.9 Å². The molecular weight excluding hydrogens is 254 g/mol. The van der Waals surface area contributed by atoms with Crippen molar-refractivity contribution >= 4 is 0 Å². The number of aromatic nitrogens is 3. The summed E-state index contributed by atoms with van der Waals surface area (Å²) in [6.07, 6.45) is 3.00. The van der Waals surface area contributed by atoms with Crippen molar-refractivity contribution in [3.8, 4) is 5.75 Å². The summed E-state index contributed by atoms with van der Waals surface area (Å²) in [6, 6.07) is 7.93. The number of benzene rings is 1. The molecule has 0 aliphatic carbocycles. The molecule has 2 aromatic rings. The van der Waals surface area contributed by atoms with Crippen LogP contribution in [0.1, 0.15) is 24.7 Å². The number of aryl methyl sites for hydroxylation is 1. The molecule has 0 saturated carbocycles. The maximum absolute atomic E-state index is 10.4. The van der Waals surface area contributed by atoms with Crippen LogP contribution < -0.4 is 4.74 Å². The van der Waals surface area contributed by atoms with Gasteiger partial charge in [0, 0.05) is 19.4 Å². The number of hydrogen-bond acceptors (Lipinski definition) is 4. The molecule has 0 radical (unpaired) electrons. The first-order valence-electron chi connectivity index (χ1n) is 7.07. The molecule has 20 heavy (non-hydrogen) atoms. The summed E-state index contributed by atoms with van der Waals surface area (Å²) in [7, 11) is 0. The van der Waals surface area contributed by atoms with Crippen LogP contribution in [-0.4, -0.2) is 32.1 Å². The highest BCUT2D eigenvalue weighted by molar-refractivity contribution is 5.37. The standard InChI is InChI=1S/C15H19N3O2/c1-2-7-18-15(16-10-17-18)9-12(19)14-8-11-5-3-4-6-13(11)20-14/h3-6,10,12,14,19H,2,7-9H2,1H3. The molecule has 1 aliphatic heterocycles. The Morgan fingerprint density at radius 1 is 1.45 bits per heavy atom. The molecule has 5 nitrogen and oxygen atoms in total. The lowest BCUT2D eigenvalue weighted by Crippen LogP contribution is -2.33. The highest BCUT2D eigenvalue weighted by Crippen LogP contribution is 2.30. The van der Waals surface area contributed by atoms with E-state index in [4.69, 9.17) is 4.74 Å². The van der Waals surface area contributed by atoms with E-state index >= 15 is 0 Å². The fourth-order valence-corrected chi connectivity index (χ4v) is 2.59. The van der Waals surface area contributed by atoms with Crippen LogP contribution in [0.2, 0.25) is 0 Å². The molecule has 5 heteroatoms. The van der Waals surface area contributed by atoms with Gasteiger partial charge in [-0.25, -0.2) is 4.98 Å². The van der Waals surface area contributed by atoms with Crippen molar-refractivity contribution in [1.82, 2.24) is 14.8 Å². The van der Waals surface area contributed by atoms with Crippen LogP contribution in [0.4, 0.5) is 0 Å². The lowest BCUT2D eigenvalue weighted by molar-refractivity contribution is 0.0482. The van der Waals surface area contributed by atoms with Gasteiger partial charge in [0.2, 0.25) is 0 Å². The van der Waals surface area contributed by atoms with Gasteiger partial charge in [0.05, 0.1) is 6.10 Å². The summed E-state index contributed by atoms with van der Waals surface area (Å²) in [5.41, 5.74) is 1.16. The second kappa shape index (κ2) is 5.63. The van der Waals surface area contributed by atoms with Gasteiger partial charge in [-0.1, -0.05) is 25.1 Å². The molecule has 2 atom stereocenters. The molecule has 1 aromatic carbocycles. The highest BCUT2D eigenvalue weighted by Gasteiger charge is 2.29. The van der Waals surface area contributed by atoms with E-state index in [1.165, 1.54) is 0 Å². The third kappa shape index (κ3) is 2.54. The largest absolute Gasteiger partial charge is 0.487 e. The minimum absolute atomic E-state index is 0.195. The predicted octanol–water partition coefficient (Wildman–Crippen LogP) is 1.60. The van der Waals surface area contributed by atoms with Crippen molar-refractivity contribution < 1.29 is 9.84 Å². The fraction of sp³-hybridized carbons (Fsp3) is 0.467. The molecule has 0 fully saturated rings. The Bertz CT molecular complexity index is 557. The molecule has 0 spiro atoms. The summed E-state index contributed by atoms with van der Waals surface area (Å²) in [5.74, 6) is 1.70. The molecule has 1 aromatic heterocycles. The smallest absolute Gasteiger partial charge is 0.138 e. The van der Waals surface area contributed by atoms with Gasteiger partial charge < -0.3 is 9.84 Å². The van der Waals surface area contributed by atoms with Gasteiger partial charge in [-0.15, -0.1) is 0 Å². The van der Waals surface area contributed by atoms with E-state index in [-0.39, 0.29) is 6.10 Å². The first-order valence-corrected chi connectivity index (χ1v) is 7.07. The van der Waals surface area contributed by atoms with Gasteiger partial charge >= 0.3 is 0 Å². The summed E-state index contributed by atoms with van der Waals surface area (Å²) >= 11 is 0. The second-order valence-corrected chi connectivity index (χ2v) is 5.14. The average Bonchev–Trinajstić information content (AvgIpc) is 3.06. The van der Waals surface area contributed by atoms with E-state index in [0.717, 1.165) is 36.5 Å². The molecule has 3 rings (SSSR count). The predicted molar refractivity (Wildman–Crippen MR) is 74.6 cm³/mol. The molecule has 106 valence electrons. The summed E-state index contributed by atoms with van der Waals surface area (Å²) in [5, 5.41) is 14.6. The van der Waals surface area contributed by atoms with Gasteiger partial charge in [0.25, 0.3) is 0 Å². The Hall–Kier alpha value is -1.88. The zero-order valence-corrected chi connectivity index (χ0v) is 11.6. The van der Waals surface area contributed by atoms with Crippen molar-refractivity contribution in [3.05, 3.63) is 42.0 Å². The maximum atomic E-state index is 10.4. The Morgan fingerprint density at radius 2 is 2.30 bits per heavy atom. The van der Waals surface area contributed by atoms with Crippen LogP contribution in [0.3, 0.4) is 0 Å². The van der Waals surface area contributed by atoms with Gasteiger partial charge in [0.1, 0.15) is 24.0 Å². The van der Waals surface area contributed by atoms with Gasteiger partial charge in [-0.3, -0.25) is 4.68 Å². The first kappa shape index (κ1) is 13.1. The van der Waals surface area contributed by atoms with Crippen LogP contribution in [-0.2, 0) is 19.4 Å². The molecular formula is C15H19N3O2. The van der Waals surface area contributed by atoms with E-state index in [9.17, 15) is 5.11 Å². The SMILES string of the molecule is CCCn1ncnc1CC(O)C1Cc2ccccc2O1. The second-order valence-electron chi connectivity index (χ2n) is 5.14. The number of aliphatic hydroxyl groups is 1. The van der Waals surface area contributed by atoms with Crippen LogP contribution in [0.15, 0.2) is 30.6 Å². The number of ether oxygens (including phenoxy) is 1. The Morgan fingerprint density at radius 3 is 3.10 bits per heavy atom. The molecule has 0 bridgehead atoms. The third-order valence-corrected chi connectivity index (χ3v) is 3.62. The lowest BCUT2D eigenvalue weighted by Gasteiger charge is -2.17. The van der Waals surface area contributed by atoms with Gasteiger partial charge in [-0.05, 0) is 18.1 Å². The first-order chi connectivity index (χ1) is 9.78. The van der Waals surface area contributed by atoms with E-state index in [1.807, 2.05) is 28.9 Å². The minimum atomic E-state index is -0.567. The highest BCUT2D eigenvalue weighted by atomic mass is 16.5. The monoisotopic (exact) mass is 273 g/mol. The van der Waals surface area contributed by atoms with E-state index in [2.05, 4.69) is 17.0 Å². The van der Waals surface area contributed by atoms with E-state index in [1.54, 1.807) is 6.33 Å². The quantitative estimate of drug-likeness (QED) is 0.899. The topological polar surface area (TPSA) is 60.2 Å². The number of nitrogens with zero attached hydrogens (tertiary/aromatic N) is 3. The van der Waals surface area contributed by atoms with Crippen molar-refractivity contribution in [2.24, 2.45) is 0 Å². The molecule has 1 N–H and O–H groups in total. The van der Waals surface area contributed by atoms with E-state index < -0.39 is 6.10 Å². The van der Waals surface area contributed by atoms with Crippen molar-refractivity contribution in [2.75, 3.05) is 0 Å². The van der Waals surface area contributed by atoms with Crippen LogP contribution in [0.5, 0.6) is 5.75 Å². The van der Waals surface area contributed by atoms with Gasteiger partial charge in [0.15, 0.2) is 0 Å². The van der Waals surface area contributed by atoms with Gasteiger partial charge in [-0.2, -0.15) is 5.10 Å². The molecule has 0 amide bonds. The van der Waals surface area contributed by atoms with Crippen LogP contribution in [0, 0.1) is 0 Å². The number of aliphatic hydroxyl groups excluding tert-OH is 1. The Kier molecular flexibility index (Phi) is 3.69. The number of rotatable bonds is 5. The number of fused-ring (bicyclic) bond motifs is 1. The van der Waals surface area contributed by atoms with Crippen molar-refractivity contribution in [3.63, 3.8) is 0 Å². The number of para-hydroxylation sites is 1. The third-order valence-electron chi connectivity index (χ3n) is 3.62.